The molecule has 214 valence electrons. The van der Waals surface area contributed by atoms with E-state index in [1.807, 2.05) is 61.5 Å². The molecule has 1 amide bonds. The highest BCUT2D eigenvalue weighted by molar-refractivity contribution is 8.00. The highest BCUT2D eigenvalue weighted by Gasteiger charge is 2.24. The minimum atomic E-state index is -0.487. The van der Waals surface area contributed by atoms with Gasteiger partial charge in [0.25, 0.3) is 5.56 Å². The number of anilines is 2. The van der Waals surface area contributed by atoms with Crippen molar-refractivity contribution in [1.29, 1.82) is 0 Å². The minimum absolute atomic E-state index is 0.150. The van der Waals surface area contributed by atoms with E-state index in [0.29, 0.717) is 53.7 Å². The van der Waals surface area contributed by atoms with Crippen molar-refractivity contribution >= 4 is 39.9 Å². The molecule has 1 atom stereocenters. The van der Waals surface area contributed by atoms with Gasteiger partial charge in [0.05, 0.1) is 55.8 Å². The van der Waals surface area contributed by atoms with Crippen LogP contribution in [-0.2, 0) is 16.1 Å². The second-order valence-corrected chi connectivity index (χ2v) is 10.8. The van der Waals surface area contributed by atoms with Crippen LogP contribution in [-0.4, -0.2) is 61.2 Å². The Balaban J connectivity index is 1.51. The molecule has 41 heavy (non-hydrogen) atoms. The van der Waals surface area contributed by atoms with Crippen molar-refractivity contribution < 1.29 is 19.0 Å². The van der Waals surface area contributed by atoms with Crippen LogP contribution >= 0.6 is 11.8 Å². The topological polar surface area (TPSA) is 94.9 Å². The summed E-state index contributed by atoms with van der Waals surface area (Å²) in [5.74, 6) is 1.13. The van der Waals surface area contributed by atoms with E-state index in [0.717, 1.165) is 30.1 Å². The maximum atomic E-state index is 14.1. The zero-order valence-corrected chi connectivity index (χ0v) is 24.3. The molecule has 5 rings (SSSR count). The number of para-hydroxylation sites is 2. The van der Waals surface area contributed by atoms with Crippen LogP contribution in [0, 0.1) is 0 Å². The van der Waals surface area contributed by atoms with Crippen molar-refractivity contribution in [3.05, 3.63) is 82.6 Å². The molecule has 1 N–H and O–H groups in total. The van der Waals surface area contributed by atoms with Gasteiger partial charge in [0.1, 0.15) is 11.5 Å². The largest absolute Gasteiger partial charge is 0.497 e. The Morgan fingerprint density at radius 2 is 1.80 bits per heavy atom. The molecule has 1 aliphatic heterocycles. The van der Waals surface area contributed by atoms with E-state index < -0.39 is 5.25 Å². The van der Waals surface area contributed by atoms with Crippen molar-refractivity contribution in [2.24, 2.45) is 0 Å². The maximum Gasteiger partial charge on any atom is 0.262 e. The van der Waals surface area contributed by atoms with E-state index in [4.69, 9.17) is 19.2 Å². The number of fused-ring (bicyclic) bond motifs is 1. The lowest BCUT2D eigenvalue weighted by molar-refractivity contribution is -0.115. The van der Waals surface area contributed by atoms with E-state index in [9.17, 15) is 9.59 Å². The Morgan fingerprint density at radius 3 is 2.51 bits per heavy atom. The molecule has 0 bridgehead atoms. The Bertz CT molecular complexity index is 1570. The van der Waals surface area contributed by atoms with Crippen LogP contribution in [0.25, 0.3) is 10.9 Å². The Morgan fingerprint density at radius 1 is 1.05 bits per heavy atom. The summed E-state index contributed by atoms with van der Waals surface area (Å²) in [6.07, 6.45) is 0.540. The van der Waals surface area contributed by atoms with Crippen molar-refractivity contribution in [2.75, 3.05) is 50.7 Å². The fourth-order valence-corrected chi connectivity index (χ4v) is 5.77. The Kier molecular flexibility index (Phi) is 9.11. The van der Waals surface area contributed by atoms with Gasteiger partial charge in [0.15, 0.2) is 5.16 Å². The summed E-state index contributed by atoms with van der Waals surface area (Å²) in [6, 6.07) is 20.7. The fourth-order valence-electron chi connectivity index (χ4n) is 4.76. The molecule has 1 fully saturated rings. The summed E-state index contributed by atoms with van der Waals surface area (Å²) < 4.78 is 17.9. The lowest BCUT2D eigenvalue weighted by Gasteiger charge is -2.29. The average molecular weight is 575 g/mol. The second kappa shape index (κ2) is 13.1. The summed E-state index contributed by atoms with van der Waals surface area (Å²) in [4.78, 5) is 34.6. The van der Waals surface area contributed by atoms with Gasteiger partial charge in [-0.1, -0.05) is 43.0 Å². The minimum Gasteiger partial charge on any atom is -0.497 e. The number of methoxy groups -OCH3 is 2. The second-order valence-electron chi connectivity index (χ2n) is 9.64. The van der Waals surface area contributed by atoms with Crippen molar-refractivity contribution in [2.45, 2.75) is 30.3 Å². The third kappa shape index (κ3) is 6.49. The molecular weight excluding hydrogens is 540 g/mol. The molecular formula is C31H34N4O5S. The number of hydrogen-bond donors (Lipinski definition) is 1. The number of benzene rings is 3. The van der Waals surface area contributed by atoms with Crippen LogP contribution in [0.4, 0.5) is 11.4 Å². The molecule has 1 aliphatic rings. The molecule has 1 aromatic heterocycles. The van der Waals surface area contributed by atoms with Gasteiger partial charge in [0.2, 0.25) is 5.91 Å². The van der Waals surface area contributed by atoms with Crippen LogP contribution in [0.1, 0.15) is 18.9 Å². The van der Waals surface area contributed by atoms with Crippen molar-refractivity contribution in [1.82, 2.24) is 9.55 Å². The van der Waals surface area contributed by atoms with E-state index >= 15 is 0 Å². The van der Waals surface area contributed by atoms with Gasteiger partial charge in [-0.05, 0) is 54.4 Å². The fraction of sp³-hybridized carbons (Fsp3) is 0.323. The Hall–Kier alpha value is -4.02. The van der Waals surface area contributed by atoms with Gasteiger partial charge in [-0.3, -0.25) is 14.2 Å². The molecule has 4 aromatic rings. The lowest BCUT2D eigenvalue weighted by Crippen LogP contribution is -2.36. The number of nitrogens with one attached hydrogen (secondary N) is 1. The Labute approximate surface area is 243 Å². The molecule has 10 heteroatoms. The third-order valence-electron chi connectivity index (χ3n) is 7.05. The number of carbonyl (C=O) groups is 1. The maximum absolute atomic E-state index is 14.1. The molecule has 0 aliphatic carbocycles. The van der Waals surface area contributed by atoms with Crippen LogP contribution in [0.2, 0.25) is 0 Å². The zero-order chi connectivity index (χ0) is 28.8. The van der Waals surface area contributed by atoms with E-state index in [2.05, 4.69) is 10.2 Å². The standard InChI is InChI=1S/C31H34N4O5S/c1-4-28(29(36)32-26-7-5-6-8-27(26)39-3)41-31-33-25-14-11-22(34-15-17-40-18-16-34)19-24(25)30(37)35(31)20-21-9-12-23(38-2)13-10-21/h5-14,19,28H,4,15-18,20H2,1-3H3,(H,32,36)/t28-/m1/s1. The van der Waals surface area contributed by atoms with Gasteiger partial charge < -0.3 is 24.4 Å². The van der Waals surface area contributed by atoms with Crippen LogP contribution in [0.5, 0.6) is 11.5 Å². The summed E-state index contributed by atoms with van der Waals surface area (Å²) in [5, 5.41) is 3.52. The number of amides is 1. The molecule has 2 heterocycles. The first-order chi connectivity index (χ1) is 20.0. The monoisotopic (exact) mass is 574 g/mol. The molecule has 1 saturated heterocycles. The van der Waals surface area contributed by atoms with E-state index in [-0.39, 0.29) is 11.5 Å². The first-order valence-corrected chi connectivity index (χ1v) is 14.5. The molecule has 0 saturated carbocycles. The highest BCUT2D eigenvalue weighted by atomic mass is 32.2. The van der Waals surface area contributed by atoms with Gasteiger partial charge in [0, 0.05) is 18.8 Å². The lowest BCUT2D eigenvalue weighted by atomic mass is 10.2. The smallest absolute Gasteiger partial charge is 0.262 e. The first kappa shape index (κ1) is 28.5. The van der Waals surface area contributed by atoms with Crippen LogP contribution < -0.4 is 25.2 Å². The number of rotatable bonds is 10. The molecule has 0 spiro atoms. The van der Waals surface area contributed by atoms with E-state index in [1.165, 1.54) is 11.8 Å². The summed E-state index contributed by atoms with van der Waals surface area (Å²) in [6.45, 7) is 5.10. The van der Waals surface area contributed by atoms with Crippen molar-refractivity contribution in [3.8, 4) is 11.5 Å². The average Bonchev–Trinajstić information content (AvgIpc) is 3.02. The molecule has 0 unspecified atom stereocenters. The van der Waals surface area contributed by atoms with Gasteiger partial charge in [-0.25, -0.2) is 4.98 Å². The summed E-state index contributed by atoms with van der Waals surface area (Å²) >= 11 is 1.29. The number of carbonyl (C=O) groups excluding carboxylic acids is 1. The summed E-state index contributed by atoms with van der Waals surface area (Å²) in [7, 11) is 3.19. The zero-order valence-electron chi connectivity index (χ0n) is 23.5. The normalized spacial score (nSPS) is 14.1. The van der Waals surface area contributed by atoms with Gasteiger partial charge >= 0.3 is 0 Å². The van der Waals surface area contributed by atoms with Gasteiger partial charge in [-0.2, -0.15) is 0 Å². The quantitative estimate of drug-likeness (QED) is 0.213. The number of hydrogen-bond acceptors (Lipinski definition) is 8. The highest BCUT2D eigenvalue weighted by Crippen LogP contribution is 2.30. The molecule has 9 nitrogen and oxygen atoms in total. The predicted octanol–water partition coefficient (Wildman–Crippen LogP) is 4.81. The molecule has 3 aromatic carbocycles. The van der Waals surface area contributed by atoms with Gasteiger partial charge in [-0.15, -0.1) is 0 Å². The number of ether oxygens (including phenoxy) is 3. The predicted molar refractivity (Wildman–Crippen MR) is 163 cm³/mol. The van der Waals surface area contributed by atoms with Crippen molar-refractivity contribution in [3.63, 3.8) is 0 Å². The number of thioether (sulfide) groups is 1. The SMILES string of the molecule is CC[C@@H](Sc1nc2ccc(N3CCOCC3)cc2c(=O)n1Cc1ccc(OC)cc1)C(=O)Nc1ccccc1OC. The number of morpholine rings is 1. The summed E-state index contributed by atoms with van der Waals surface area (Å²) in [5.41, 5.74) is 2.94. The first-order valence-electron chi connectivity index (χ1n) is 13.6. The molecule has 0 radical (unpaired) electrons. The number of aromatic nitrogens is 2. The van der Waals surface area contributed by atoms with Crippen LogP contribution in [0.3, 0.4) is 0 Å². The third-order valence-corrected chi connectivity index (χ3v) is 8.41. The van der Waals surface area contributed by atoms with E-state index in [1.54, 1.807) is 30.9 Å². The number of nitrogens with zero attached hydrogens (tertiary/aromatic N) is 3. The van der Waals surface area contributed by atoms with Crippen LogP contribution in [0.15, 0.2) is 76.7 Å².